The highest BCUT2D eigenvalue weighted by atomic mass is 35.5. The summed E-state index contributed by atoms with van der Waals surface area (Å²) in [6, 6.07) is 15.6. The first-order chi connectivity index (χ1) is 9.39. The smallest absolute Gasteiger partial charge is 0.193 e. The lowest BCUT2D eigenvalue weighted by Crippen LogP contribution is -2.24. The van der Waals surface area contributed by atoms with Gasteiger partial charge in [-0.3, -0.25) is 9.59 Å². The molecule has 102 valence electrons. The van der Waals surface area contributed by atoms with E-state index in [2.05, 4.69) is 0 Å². The molecule has 0 N–H and O–H groups in total. The largest absolute Gasteiger partial charge is 0.292 e. The Morgan fingerprint density at radius 3 is 1.75 bits per heavy atom. The van der Waals surface area contributed by atoms with Gasteiger partial charge in [-0.2, -0.15) is 0 Å². The maximum atomic E-state index is 12.2. The molecule has 0 fully saturated rings. The van der Waals surface area contributed by atoms with E-state index < -0.39 is 4.87 Å². The minimum absolute atomic E-state index is 0.0604. The van der Waals surface area contributed by atoms with Crippen LogP contribution in [0.5, 0.6) is 0 Å². The first kappa shape index (κ1) is 14.5. The Bertz CT molecular complexity index is 622. The second-order valence-corrected chi connectivity index (χ2v) is 6.02. The van der Waals surface area contributed by atoms with E-state index in [0.29, 0.717) is 16.7 Å². The fourth-order valence-electron chi connectivity index (χ4n) is 1.87. The number of ketones is 2. The number of hydrogen-bond donors (Lipinski definition) is 0. The molecule has 0 amide bonds. The zero-order valence-electron chi connectivity index (χ0n) is 11.4. The fraction of sp³-hybridized carbons (Fsp3) is 0.176. The van der Waals surface area contributed by atoms with Crippen LogP contribution in [0.3, 0.4) is 0 Å². The molecule has 0 aliphatic carbocycles. The van der Waals surface area contributed by atoms with Crippen molar-refractivity contribution in [2.75, 3.05) is 0 Å². The molecule has 0 radical (unpaired) electrons. The Kier molecular flexibility index (Phi) is 4.05. The summed E-state index contributed by atoms with van der Waals surface area (Å²) >= 11 is 6.00. The molecular weight excluding hydrogens is 272 g/mol. The van der Waals surface area contributed by atoms with E-state index in [1.807, 2.05) is 18.2 Å². The summed E-state index contributed by atoms with van der Waals surface area (Å²) in [6.45, 7) is 3.31. The predicted molar refractivity (Wildman–Crippen MR) is 80.6 cm³/mol. The van der Waals surface area contributed by atoms with Gasteiger partial charge in [0, 0.05) is 16.7 Å². The monoisotopic (exact) mass is 286 g/mol. The number of hydrogen-bond acceptors (Lipinski definition) is 2. The van der Waals surface area contributed by atoms with Crippen LogP contribution >= 0.6 is 11.6 Å². The molecule has 0 atom stereocenters. The fourth-order valence-corrected chi connectivity index (χ4v) is 1.98. The van der Waals surface area contributed by atoms with Crippen LogP contribution in [0.1, 0.15) is 40.1 Å². The molecule has 0 saturated carbocycles. The molecule has 0 saturated heterocycles. The van der Waals surface area contributed by atoms with Gasteiger partial charge in [0.05, 0.1) is 0 Å². The van der Waals surface area contributed by atoms with Gasteiger partial charge in [-0.15, -0.1) is 11.6 Å². The van der Waals surface area contributed by atoms with Crippen molar-refractivity contribution < 1.29 is 9.59 Å². The molecular formula is C17H15ClO2. The van der Waals surface area contributed by atoms with Crippen molar-refractivity contribution in [3.63, 3.8) is 0 Å². The number of halogens is 1. The lowest BCUT2D eigenvalue weighted by Gasteiger charge is -2.14. The summed E-state index contributed by atoms with van der Waals surface area (Å²) in [5.74, 6) is -0.215. The van der Waals surface area contributed by atoms with Crippen molar-refractivity contribution >= 4 is 23.2 Å². The molecule has 2 aromatic rings. The minimum atomic E-state index is -0.940. The number of Topliss-reactive ketones (excluding diaryl/α,β-unsaturated/α-hetero) is 1. The van der Waals surface area contributed by atoms with Crippen molar-refractivity contribution in [2.24, 2.45) is 0 Å². The molecule has 3 heteroatoms. The van der Waals surface area contributed by atoms with Gasteiger partial charge in [0.25, 0.3) is 0 Å². The summed E-state index contributed by atoms with van der Waals surface area (Å²) in [6.07, 6.45) is 0. The first-order valence-electron chi connectivity index (χ1n) is 6.33. The molecule has 2 aromatic carbocycles. The molecule has 0 spiro atoms. The summed E-state index contributed by atoms with van der Waals surface area (Å²) in [7, 11) is 0. The Morgan fingerprint density at radius 1 is 0.800 bits per heavy atom. The van der Waals surface area contributed by atoms with Gasteiger partial charge in [0.1, 0.15) is 4.87 Å². The lowest BCUT2D eigenvalue weighted by atomic mass is 9.97. The van der Waals surface area contributed by atoms with Crippen LogP contribution in [-0.2, 0) is 0 Å². The van der Waals surface area contributed by atoms with Crippen LogP contribution in [0.4, 0.5) is 0 Å². The van der Waals surface area contributed by atoms with Crippen molar-refractivity contribution in [2.45, 2.75) is 18.7 Å². The third-order valence-corrected chi connectivity index (χ3v) is 3.16. The highest BCUT2D eigenvalue weighted by molar-refractivity contribution is 6.37. The van der Waals surface area contributed by atoms with Gasteiger partial charge >= 0.3 is 0 Å². The van der Waals surface area contributed by atoms with E-state index in [1.54, 1.807) is 50.2 Å². The average Bonchev–Trinajstić information content (AvgIpc) is 2.46. The normalized spacial score (nSPS) is 11.2. The predicted octanol–water partition coefficient (Wildman–Crippen LogP) is 4.12. The summed E-state index contributed by atoms with van der Waals surface area (Å²) in [5, 5.41) is 0. The van der Waals surface area contributed by atoms with Gasteiger partial charge in [-0.05, 0) is 13.8 Å². The number of rotatable bonds is 4. The van der Waals surface area contributed by atoms with Gasteiger partial charge in [-0.25, -0.2) is 0 Å². The topological polar surface area (TPSA) is 34.1 Å². The third kappa shape index (κ3) is 3.14. The van der Waals surface area contributed by atoms with E-state index in [0.717, 1.165) is 0 Å². The molecule has 0 aliphatic heterocycles. The van der Waals surface area contributed by atoms with E-state index >= 15 is 0 Å². The van der Waals surface area contributed by atoms with Crippen LogP contribution in [0.15, 0.2) is 54.6 Å². The van der Waals surface area contributed by atoms with Crippen LogP contribution < -0.4 is 0 Å². The summed E-state index contributed by atoms with van der Waals surface area (Å²) < 4.78 is 0. The van der Waals surface area contributed by atoms with Crippen molar-refractivity contribution in [1.82, 2.24) is 0 Å². The van der Waals surface area contributed by atoms with Crippen LogP contribution in [-0.4, -0.2) is 16.4 Å². The number of carbonyl (C=O) groups excluding carboxylic acids is 2. The minimum Gasteiger partial charge on any atom is -0.292 e. The van der Waals surface area contributed by atoms with E-state index in [9.17, 15) is 9.59 Å². The Labute approximate surface area is 123 Å². The van der Waals surface area contributed by atoms with Crippen LogP contribution in [0.25, 0.3) is 0 Å². The first-order valence-corrected chi connectivity index (χ1v) is 6.71. The summed E-state index contributed by atoms with van der Waals surface area (Å²) in [4.78, 5) is 23.3. The second kappa shape index (κ2) is 5.59. The maximum Gasteiger partial charge on any atom is 0.193 e. The van der Waals surface area contributed by atoms with E-state index in [-0.39, 0.29) is 11.6 Å². The van der Waals surface area contributed by atoms with Crippen molar-refractivity contribution in [1.29, 1.82) is 0 Å². The molecule has 2 nitrogen and oxygen atoms in total. The van der Waals surface area contributed by atoms with Crippen molar-refractivity contribution in [3.8, 4) is 0 Å². The van der Waals surface area contributed by atoms with Gasteiger partial charge < -0.3 is 0 Å². The van der Waals surface area contributed by atoms with E-state index in [4.69, 9.17) is 11.6 Å². The molecule has 20 heavy (non-hydrogen) atoms. The Balaban J connectivity index is 2.25. The number of benzene rings is 2. The van der Waals surface area contributed by atoms with Crippen LogP contribution in [0.2, 0.25) is 0 Å². The third-order valence-electron chi connectivity index (χ3n) is 2.99. The molecule has 0 aliphatic rings. The summed E-state index contributed by atoms with van der Waals surface area (Å²) in [5.41, 5.74) is 1.69. The quantitative estimate of drug-likeness (QED) is 0.626. The SMILES string of the molecule is CC(C)(Cl)C(=O)c1ccc(C(=O)c2ccccc2)cc1. The molecule has 0 bridgehead atoms. The standard InChI is InChI=1S/C17H15ClO2/c1-17(2,18)16(20)14-10-8-13(9-11-14)15(19)12-6-4-3-5-7-12/h3-11H,1-2H3. The molecule has 0 heterocycles. The Morgan fingerprint density at radius 2 is 1.25 bits per heavy atom. The maximum absolute atomic E-state index is 12.2. The molecule has 2 rings (SSSR count). The lowest BCUT2D eigenvalue weighted by molar-refractivity contribution is 0.0953. The van der Waals surface area contributed by atoms with Crippen LogP contribution in [0, 0.1) is 0 Å². The zero-order valence-corrected chi connectivity index (χ0v) is 12.1. The van der Waals surface area contributed by atoms with Gasteiger partial charge in [0.2, 0.25) is 0 Å². The van der Waals surface area contributed by atoms with Gasteiger partial charge in [0.15, 0.2) is 11.6 Å². The highest BCUT2D eigenvalue weighted by Gasteiger charge is 2.25. The van der Waals surface area contributed by atoms with Crippen molar-refractivity contribution in [3.05, 3.63) is 71.3 Å². The zero-order chi connectivity index (χ0) is 14.8. The number of alkyl halides is 1. The van der Waals surface area contributed by atoms with E-state index in [1.165, 1.54) is 0 Å². The number of carbonyl (C=O) groups is 2. The second-order valence-electron chi connectivity index (χ2n) is 5.07. The molecule has 0 unspecified atom stereocenters. The molecule has 0 aromatic heterocycles. The average molecular weight is 287 g/mol. The highest BCUT2D eigenvalue weighted by Crippen LogP contribution is 2.20. The Hall–Kier alpha value is -1.93. The van der Waals surface area contributed by atoms with Gasteiger partial charge in [-0.1, -0.05) is 54.6 Å².